The van der Waals surface area contributed by atoms with Crippen molar-refractivity contribution in [2.75, 3.05) is 18.1 Å². The lowest BCUT2D eigenvalue weighted by Crippen LogP contribution is -2.43. The van der Waals surface area contributed by atoms with Crippen LogP contribution in [0.15, 0.2) is 17.5 Å². The molecule has 1 aliphatic rings. The average molecular weight is 288 g/mol. The predicted octanol–water partition coefficient (Wildman–Crippen LogP) is 0.777. The smallest absolute Gasteiger partial charge is 0.315 e. The first-order chi connectivity index (χ1) is 8.55. The van der Waals surface area contributed by atoms with Crippen LogP contribution >= 0.6 is 11.3 Å². The lowest BCUT2D eigenvalue weighted by molar-refractivity contribution is 0.238. The summed E-state index contributed by atoms with van der Waals surface area (Å²) in [6.07, 6.45) is 1.31. The monoisotopic (exact) mass is 288 g/mol. The minimum atomic E-state index is -2.94. The van der Waals surface area contributed by atoms with Crippen LogP contribution in [0.25, 0.3) is 0 Å². The van der Waals surface area contributed by atoms with Gasteiger partial charge in [-0.05, 0) is 24.3 Å². The standard InChI is InChI=1S/C11H16N2O3S2/c14-11(12-5-3-10-2-1-6-17-10)13-9-4-7-18(15,16)8-9/h1-2,6,9H,3-5,7-8H2,(H2,12,13,14). The Labute approximate surface area is 111 Å². The van der Waals surface area contributed by atoms with Gasteiger partial charge in [0.2, 0.25) is 0 Å². The molecule has 18 heavy (non-hydrogen) atoms. The highest BCUT2D eigenvalue weighted by molar-refractivity contribution is 7.91. The van der Waals surface area contributed by atoms with Crippen molar-refractivity contribution in [2.24, 2.45) is 0 Å². The average Bonchev–Trinajstić information content (AvgIpc) is 2.88. The van der Waals surface area contributed by atoms with Crippen molar-refractivity contribution in [3.05, 3.63) is 22.4 Å². The van der Waals surface area contributed by atoms with E-state index in [-0.39, 0.29) is 23.6 Å². The molecule has 0 spiro atoms. The molecule has 0 aliphatic carbocycles. The minimum absolute atomic E-state index is 0.0609. The Balaban J connectivity index is 1.67. The second kappa shape index (κ2) is 5.71. The molecule has 2 N–H and O–H groups in total. The second-order valence-electron chi connectivity index (χ2n) is 4.33. The number of sulfone groups is 1. The van der Waals surface area contributed by atoms with Crippen molar-refractivity contribution in [3.63, 3.8) is 0 Å². The van der Waals surface area contributed by atoms with Crippen LogP contribution in [0.4, 0.5) is 4.79 Å². The largest absolute Gasteiger partial charge is 0.338 e. The van der Waals surface area contributed by atoms with Crippen LogP contribution in [0, 0.1) is 0 Å². The Morgan fingerprint density at radius 2 is 2.33 bits per heavy atom. The number of hydrogen-bond acceptors (Lipinski definition) is 4. The van der Waals surface area contributed by atoms with Crippen LogP contribution in [0.5, 0.6) is 0 Å². The molecule has 2 amide bonds. The summed E-state index contributed by atoms with van der Waals surface area (Å²) in [4.78, 5) is 12.7. The molecule has 0 saturated carbocycles. The van der Waals surface area contributed by atoms with E-state index in [1.807, 2.05) is 17.5 Å². The molecule has 0 radical (unpaired) electrons. The number of thiophene rings is 1. The molecule has 1 atom stereocenters. The zero-order valence-corrected chi connectivity index (χ0v) is 11.5. The fourth-order valence-electron chi connectivity index (χ4n) is 1.90. The first-order valence-corrected chi connectivity index (χ1v) is 8.52. The van der Waals surface area contributed by atoms with E-state index in [9.17, 15) is 13.2 Å². The van der Waals surface area contributed by atoms with Gasteiger partial charge in [0.1, 0.15) is 0 Å². The molecule has 5 nitrogen and oxygen atoms in total. The lowest BCUT2D eigenvalue weighted by Gasteiger charge is -2.11. The highest BCUT2D eigenvalue weighted by Gasteiger charge is 2.28. The molecular weight excluding hydrogens is 272 g/mol. The number of amides is 2. The van der Waals surface area contributed by atoms with Crippen molar-refractivity contribution in [1.82, 2.24) is 10.6 Å². The van der Waals surface area contributed by atoms with E-state index in [0.717, 1.165) is 6.42 Å². The zero-order chi connectivity index (χ0) is 13.0. The summed E-state index contributed by atoms with van der Waals surface area (Å²) in [7, 11) is -2.94. The van der Waals surface area contributed by atoms with Gasteiger partial charge in [-0.3, -0.25) is 0 Å². The SMILES string of the molecule is O=C(NCCc1cccs1)NC1CCS(=O)(=O)C1. The second-order valence-corrected chi connectivity index (χ2v) is 7.59. The molecule has 1 saturated heterocycles. The Morgan fingerprint density at radius 1 is 1.50 bits per heavy atom. The van der Waals surface area contributed by atoms with Gasteiger partial charge in [0, 0.05) is 17.5 Å². The Morgan fingerprint density at radius 3 is 2.94 bits per heavy atom. The van der Waals surface area contributed by atoms with Gasteiger partial charge in [-0.2, -0.15) is 0 Å². The highest BCUT2D eigenvalue weighted by atomic mass is 32.2. The summed E-state index contributed by atoms with van der Waals surface area (Å²) in [5, 5.41) is 7.42. The fourth-order valence-corrected chi connectivity index (χ4v) is 4.28. The van der Waals surface area contributed by atoms with Gasteiger partial charge in [0.25, 0.3) is 0 Å². The van der Waals surface area contributed by atoms with Crippen molar-refractivity contribution in [3.8, 4) is 0 Å². The fraction of sp³-hybridized carbons (Fsp3) is 0.545. The molecule has 2 heterocycles. The third kappa shape index (κ3) is 3.99. The Hall–Kier alpha value is -1.08. The summed E-state index contributed by atoms with van der Waals surface area (Å²) < 4.78 is 22.4. The van der Waals surface area contributed by atoms with Crippen LogP contribution in [0.1, 0.15) is 11.3 Å². The van der Waals surface area contributed by atoms with Gasteiger partial charge < -0.3 is 10.6 Å². The molecule has 0 bridgehead atoms. The van der Waals surface area contributed by atoms with Gasteiger partial charge in [-0.15, -0.1) is 11.3 Å². The summed E-state index contributed by atoms with van der Waals surface area (Å²) in [5.74, 6) is 0.235. The molecule has 1 aliphatic heterocycles. The van der Waals surface area contributed by atoms with Gasteiger partial charge in [0.15, 0.2) is 9.84 Å². The van der Waals surface area contributed by atoms with Gasteiger partial charge in [0.05, 0.1) is 11.5 Å². The quantitative estimate of drug-likeness (QED) is 0.859. The van der Waals surface area contributed by atoms with Crippen molar-refractivity contribution < 1.29 is 13.2 Å². The molecule has 1 unspecified atom stereocenters. The van der Waals surface area contributed by atoms with E-state index in [1.54, 1.807) is 11.3 Å². The van der Waals surface area contributed by atoms with Crippen LogP contribution < -0.4 is 10.6 Å². The number of rotatable bonds is 4. The first kappa shape index (κ1) is 13.4. The molecule has 100 valence electrons. The topological polar surface area (TPSA) is 75.3 Å². The van der Waals surface area contributed by atoms with Crippen LogP contribution in [-0.2, 0) is 16.3 Å². The van der Waals surface area contributed by atoms with Gasteiger partial charge in [-0.25, -0.2) is 13.2 Å². The number of carbonyl (C=O) groups is 1. The van der Waals surface area contributed by atoms with Crippen LogP contribution in [-0.4, -0.2) is 38.5 Å². The molecular formula is C11H16N2O3S2. The first-order valence-electron chi connectivity index (χ1n) is 5.82. The maximum Gasteiger partial charge on any atom is 0.315 e. The zero-order valence-electron chi connectivity index (χ0n) is 9.89. The van der Waals surface area contributed by atoms with Crippen molar-refractivity contribution in [1.29, 1.82) is 0 Å². The molecule has 2 rings (SSSR count). The van der Waals surface area contributed by atoms with E-state index in [1.165, 1.54) is 4.88 Å². The highest BCUT2D eigenvalue weighted by Crippen LogP contribution is 2.11. The van der Waals surface area contributed by atoms with Crippen LogP contribution in [0.2, 0.25) is 0 Å². The molecule has 1 fully saturated rings. The van der Waals surface area contributed by atoms with Crippen molar-refractivity contribution >= 4 is 27.2 Å². The van der Waals surface area contributed by atoms with E-state index in [4.69, 9.17) is 0 Å². The third-order valence-electron chi connectivity index (χ3n) is 2.80. The third-order valence-corrected chi connectivity index (χ3v) is 5.51. The van der Waals surface area contributed by atoms with E-state index >= 15 is 0 Å². The summed E-state index contributed by atoms with van der Waals surface area (Å²) in [6.45, 7) is 0.561. The Kier molecular flexibility index (Phi) is 4.23. The lowest BCUT2D eigenvalue weighted by atomic mass is 10.3. The summed E-state index contributed by atoms with van der Waals surface area (Å²) in [6, 6.07) is 3.47. The maximum absolute atomic E-state index is 11.5. The number of urea groups is 1. The molecule has 0 aromatic carbocycles. The predicted molar refractivity (Wildman–Crippen MR) is 71.6 cm³/mol. The van der Waals surface area contributed by atoms with E-state index < -0.39 is 9.84 Å². The van der Waals surface area contributed by atoms with Crippen molar-refractivity contribution in [2.45, 2.75) is 18.9 Å². The minimum Gasteiger partial charge on any atom is -0.338 e. The normalized spacial score (nSPS) is 21.7. The molecule has 1 aromatic rings. The molecule has 7 heteroatoms. The van der Waals surface area contributed by atoms with Gasteiger partial charge in [-0.1, -0.05) is 6.07 Å². The number of carbonyl (C=O) groups excluding carboxylic acids is 1. The van der Waals surface area contributed by atoms with E-state index in [0.29, 0.717) is 13.0 Å². The summed E-state index contributed by atoms with van der Waals surface area (Å²) in [5.41, 5.74) is 0. The maximum atomic E-state index is 11.5. The van der Waals surface area contributed by atoms with Gasteiger partial charge >= 0.3 is 6.03 Å². The number of nitrogens with one attached hydrogen (secondary N) is 2. The summed E-state index contributed by atoms with van der Waals surface area (Å²) >= 11 is 1.66. The molecule has 1 aromatic heterocycles. The number of hydrogen-bond donors (Lipinski definition) is 2. The van der Waals surface area contributed by atoms with Crippen LogP contribution in [0.3, 0.4) is 0 Å². The Bertz CT molecular complexity index is 496. The van der Waals surface area contributed by atoms with E-state index in [2.05, 4.69) is 10.6 Å².